The Balaban J connectivity index is 1.84. The highest BCUT2D eigenvalue weighted by molar-refractivity contribution is 6.35. The number of hydrogen-bond acceptors (Lipinski definition) is 4. The van der Waals surface area contributed by atoms with Crippen molar-refractivity contribution in [3.8, 4) is 5.75 Å². The third-order valence-corrected chi connectivity index (χ3v) is 2.59. The molecule has 1 fully saturated rings. The summed E-state index contributed by atoms with van der Waals surface area (Å²) in [6.07, 6.45) is 3.32. The molecule has 6 heteroatoms. The Morgan fingerprint density at radius 3 is 2.84 bits per heavy atom. The zero-order valence-electron chi connectivity index (χ0n) is 10.6. The Kier molecular flexibility index (Phi) is 4.12. The van der Waals surface area contributed by atoms with Gasteiger partial charge in [0.1, 0.15) is 5.75 Å². The fourth-order valence-electron chi connectivity index (χ4n) is 1.42. The van der Waals surface area contributed by atoms with Crippen molar-refractivity contribution in [1.29, 1.82) is 0 Å². The molecule has 6 nitrogen and oxygen atoms in total. The molecule has 2 rings (SSSR count). The molecule has 1 saturated carbocycles. The van der Waals surface area contributed by atoms with Crippen molar-refractivity contribution in [3.05, 3.63) is 29.8 Å². The Morgan fingerprint density at radius 2 is 2.16 bits per heavy atom. The SMILES string of the molecule is COc1cccc(/C=N\NC(=O)C(=O)NC2CC2)c1. The zero-order valence-corrected chi connectivity index (χ0v) is 10.6. The van der Waals surface area contributed by atoms with Crippen molar-refractivity contribution in [3.63, 3.8) is 0 Å². The predicted molar refractivity (Wildman–Crippen MR) is 69.9 cm³/mol. The summed E-state index contributed by atoms with van der Waals surface area (Å²) in [5, 5.41) is 6.30. The van der Waals surface area contributed by atoms with Gasteiger partial charge in [-0.25, -0.2) is 5.43 Å². The Labute approximate surface area is 110 Å². The Hall–Kier alpha value is -2.37. The van der Waals surface area contributed by atoms with Gasteiger partial charge in [0, 0.05) is 6.04 Å². The van der Waals surface area contributed by atoms with Gasteiger partial charge in [-0.15, -0.1) is 0 Å². The maximum Gasteiger partial charge on any atom is 0.329 e. The van der Waals surface area contributed by atoms with Crippen LogP contribution in [-0.4, -0.2) is 31.2 Å². The first-order valence-corrected chi connectivity index (χ1v) is 5.97. The number of carbonyl (C=O) groups is 2. The number of hydrazone groups is 1. The fraction of sp³-hybridized carbons (Fsp3) is 0.308. The van der Waals surface area contributed by atoms with Crippen LogP contribution in [0.3, 0.4) is 0 Å². The van der Waals surface area contributed by atoms with Crippen molar-refractivity contribution in [2.75, 3.05) is 7.11 Å². The number of rotatable bonds is 4. The minimum atomic E-state index is -0.758. The highest BCUT2D eigenvalue weighted by atomic mass is 16.5. The summed E-state index contributed by atoms with van der Waals surface area (Å²) >= 11 is 0. The minimum Gasteiger partial charge on any atom is -0.497 e. The monoisotopic (exact) mass is 261 g/mol. The second-order valence-electron chi connectivity index (χ2n) is 4.22. The number of carbonyl (C=O) groups excluding carboxylic acids is 2. The lowest BCUT2D eigenvalue weighted by Crippen LogP contribution is -2.38. The molecule has 1 aliphatic carbocycles. The lowest BCUT2D eigenvalue weighted by molar-refractivity contribution is -0.139. The lowest BCUT2D eigenvalue weighted by Gasteiger charge is -2.01. The second-order valence-corrected chi connectivity index (χ2v) is 4.22. The normalized spacial score (nSPS) is 14.2. The minimum absolute atomic E-state index is 0.153. The molecular weight excluding hydrogens is 246 g/mol. The van der Waals surface area contributed by atoms with E-state index in [9.17, 15) is 9.59 Å². The Bertz CT molecular complexity index is 510. The van der Waals surface area contributed by atoms with E-state index in [4.69, 9.17) is 4.74 Å². The standard InChI is InChI=1S/C13H15N3O3/c1-19-11-4-2-3-9(7-11)8-14-16-13(18)12(17)15-10-5-6-10/h2-4,7-8,10H,5-6H2,1H3,(H,15,17)(H,16,18)/b14-8-. The van der Waals surface area contributed by atoms with Gasteiger partial charge >= 0.3 is 11.8 Å². The van der Waals surface area contributed by atoms with Crippen LogP contribution < -0.4 is 15.5 Å². The van der Waals surface area contributed by atoms with Crippen LogP contribution in [0.15, 0.2) is 29.4 Å². The molecule has 0 unspecified atom stereocenters. The van der Waals surface area contributed by atoms with Gasteiger partial charge in [0.15, 0.2) is 0 Å². The molecule has 0 aromatic heterocycles. The molecule has 1 aromatic carbocycles. The summed E-state index contributed by atoms with van der Waals surface area (Å²) in [6, 6.07) is 7.34. The molecule has 0 saturated heterocycles. The Morgan fingerprint density at radius 1 is 1.37 bits per heavy atom. The fourth-order valence-corrected chi connectivity index (χ4v) is 1.42. The third kappa shape index (κ3) is 4.09. The summed E-state index contributed by atoms with van der Waals surface area (Å²) in [6.45, 7) is 0. The third-order valence-electron chi connectivity index (χ3n) is 2.59. The van der Waals surface area contributed by atoms with Crippen LogP contribution in [0.5, 0.6) is 5.75 Å². The topological polar surface area (TPSA) is 79.8 Å². The quantitative estimate of drug-likeness (QED) is 0.468. The predicted octanol–water partition coefficient (Wildman–Crippen LogP) is 0.424. The van der Waals surface area contributed by atoms with Gasteiger partial charge in [-0.3, -0.25) is 9.59 Å². The maximum atomic E-state index is 11.4. The summed E-state index contributed by atoms with van der Waals surface area (Å²) < 4.78 is 5.06. The maximum absolute atomic E-state index is 11.4. The average molecular weight is 261 g/mol. The number of hydrogen-bond donors (Lipinski definition) is 2. The van der Waals surface area contributed by atoms with Crippen LogP contribution in [0.4, 0.5) is 0 Å². The van der Waals surface area contributed by atoms with Gasteiger partial charge in [-0.05, 0) is 30.5 Å². The van der Waals surface area contributed by atoms with Crippen molar-refractivity contribution in [2.24, 2.45) is 5.10 Å². The molecule has 19 heavy (non-hydrogen) atoms. The van der Waals surface area contributed by atoms with E-state index >= 15 is 0 Å². The van der Waals surface area contributed by atoms with E-state index < -0.39 is 11.8 Å². The van der Waals surface area contributed by atoms with E-state index in [0.717, 1.165) is 18.4 Å². The molecule has 0 radical (unpaired) electrons. The van der Waals surface area contributed by atoms with Crippen molar-refractivity contribution in [2.45, 2.75) is 18.9 Å². The molecule has 1 aliphatic rings. The molecule has 2 amide bonds. The van der Waals surface area contributed by atoms with E-state index in [0.29, 0.717) is 5.75 Å². The average Bonchev–Trinajstić information content (AvgIpc) is 3.22. The number of nitrogens with one attached hydrogen (secondary N) is 2. The van der Waals surface area contributed by atoms with Gasteiger partial charge < -0.3 is 10.1 Å². The smallest absolute Gasteiger partial charge is 0.329 e. The highest BCUT2D eigenvalue weighted by Crippen LogP contribution is 2.18. The first-order valence-electron chi connectivity index (χ1n) is 5.97. The first kappa shape index (κ1) is 13.1. The summed E-state index contributed by atoms with van der Waals surface area (Å²) in [4.78, 5) is 22.7. The number of ether oxygens (including phenoxy) is 1. The molecule has 2 N–H and O–H groups in total. The highest BCUT2D eigenvalue weighted by Gasteiger charge is 2.26. The lowest BCUT2D eigenvalue weighted by atomic mass is 10.2. The molecular formula is C13H15N3O3. The molecule has 0 bridgehead atoms. The number of nitrogens with zero attached hydrogens (tertiary/aromatic N) is 1. The van der Waals surface area contributed by atoms with Crippen LogP contribution in [0.2, 0.25) is 0 Å². The van der Waals surface area contributed by atoms with Gasteiger partial charge in [-0.2, -0.15) is 5.10 Å². The summed E-state index contributed by atoms with van der Waals surface area (Å²) in [5.41, 5.74) is 2.95. The van der Waals surface area contributed by atoms with Gasteiger partial charge in [0.25, 0.3) is 0 Å². The van der Waals surface area contributed by atoms with Gasteiger partial charge in [-0.1, -0.05) is 12.1 Å². The van der Waals surface area contributed by atoms with Crippen molar-refractivity contribution >= 4 is 18.0 Å². The van der Waals surface area contributed by atoms with Gasteiger partial charge in [0.2, 0.25) is 0 Å². The molecule has 0 spiro atoms. The van der Waals surface area contributed by atoms with E-state index in [1.54, 1.807) is 19.2 Å². The van der Waals surface area contributed by atoms with E-state index in [1.165, 1.54) is 6.21 Å². The van der Waals surface area contributed by atoms with Crippen LogP contribution in [0.25, 0.3) is 0 Å². The van der Waals surface area contributed by atoms with E-state index in [2.05, 4.69) is 15.8 Å². The van der Waals surface area contributed by atoms with Crippen LogP contribution in [0.1, 0.15) is 18.4 Å². The largest absolute Gasteiger partial charge is 0.497 e. The number of methoxy groups -OCH3 is 1. The zero-order chi connectivity index (χ0) is 13.7. The number of amides is 2. The van der Waals surface area contributed by atoms with Crippen molar-refractivity contribution < 1.29 is 14.3 Å². The molecule has 100 valence electrons. The summed E-state index contributed by atoms with van der Waals surface area (Å²) in [7, 11) is 1.57. The van der Waals surface area contributed by atoms with Crippen LogP contribution in [-0.2, 0) is 9.59 Å². The van der Waals surface area contributed by atoms with Crippen LogP contribution in [0, 0.1) is 0 Å². The van der Waals surface area contributed by atoms with Crippen molar-refractivity contribution in [1.82, 2.24) is 10.7 Å². The molecule has 0 atom stereocenters. The van der Waals surface area contributed by atoms with E-state index in [-0.39, 0.29) is 6.04 Å². The summed E-state index contributed by atoms with van der Waals surface area (Å²) in [5.74, 6) is -0.710. The second kappa shape index (κ2) is 5.99. The molecule has 1 aromatic rings. The first-order chi connectivity index (χ1) is 9.19. The van der Waals surface area contributed by atoms with Gasteiger partial charge in [0.05, 0.1) is 13.3 Å². The number of benzene rings is 1. The van der Waals surface area contributed by atoms with Crippen LogP contribution >= 0.6 is 0 Å². The van der Waals surface area contributed by atoms with E-state index in [1.807, 2.05) is 12.1 Å². The molecule has 0 heterocycles. The molecule has 0 aliphatic heterocycles.